The molecule has 0 aromatic heterocycles. The highest BCUT2D eigenvalue weighted by Gasteiger charge is 2.13. The summed E-state index contributed by atoms with van der Waals surface area (Å²) in [4.78, 5) is 10.9. The summed E-state index contributed by atoms with van der Waals surface area (Å²) in [6.07, 6.45) is 0.754. The second kappa shape index (κ2) is 5.55. The van der Waals surface area contributed by atoms with Crippen LogP contribution >= 0.6 is 15.9 Å². The van der Waals surface area contributed by atoms with Crippen LogP contribution in [0.2, 0.25) is 0 Å². The molecule has 0 aromatic carbocycles. The number of rotatable bonds is 4. The second-order valence-corrected chi connectivity index (χ2v) is 3.57. The third-order valence-electron chi connectivity index (χ3n) is 1.31. The van der Waals surface area contributed by atoms with Crippen LogP contribution in [0.3, 0.4) is 0 Å². The fraction of sp³-hybridized carbons (Fsp3) is 0.857. The number of aliphatic hydroxyl groups excluding tert-OH is 1. The molecule has 2 atom stereocenters. The van der Waals surface area contributed by atoms with Crippen LogP contribution in [-0.2, 0) is 4.79 Å². The monoisotopic (exact) mass is 223 g/mol. The van der Waals surface area contributed by atoms with Gasteiger partial charge >= 0.3 is 0 Å². The highest BCUT2D eigenvalue weighted by molar-refractivity contribution is 9.10. The van der Waals surface area contributed by atoms with Gasteiger partial charge in [0.05, 0.1) is 11.4 Å². The summed E-state index contributed by atoms with van der Waals surface area (Å²) in [5.41, 5.74) is 0. The van der Waals surface area contributed by atoms with E-state index in [4.69, 9.17) is 5.11 Å². The SMILES string of the molecule is CCC(Br)C(=O)NC(C)CO. The Hall–Kier alpha value is -0.0900. The highest BCUT2D eigenvalue weighted by atomic mass is 79.9. The molecule has 2 N–H and O–H groups in total. The molecule has 0 radical (unpaired) electrons. The van der Waals surface area contributed by atoms with Gasteiger partial charge in [-0.05, 0) is 13.3 Å². The molecule has 0 aliphatic rings. The summed E-state index contributed by atoms with van der Waals surface area (Å²) in [7, 11) is 0. The predicted octanol–water partition coefficient (Wildman–Crippen LogP) is 0.657. The van der Waals surface area contributed by atoms with Crippen LogP contribution in [0.15, 0.2) is 0 Å². The number of alkyl halides is 1. The lowest BCUT2D eigenvalue weighted by Gasteiger charge is -2.12. The van der Waals surface area contributed by atoms with Crippen LogP contribution in [0.5, 0.6) is 0 Å². The Morgan fingerprint density at radius 1 is 1.73 bits per heavy atom. The Labute approximate surface area is 75.3 Å². The molecule has 0 bridgehead atoms. The van der Waals surface area contributed by atoms with Crippen molar-refractivity contribution in [1.29, 1.82) is 0 Å². The van der Waals surface area contributed by atoms with Gasteiger partial charge < -0.3 is 10.4 Å². The van der Waals surface area contributed by atoms with E-state index in [1.54, 1.807) is 6.92 Å². The van der Waals surface area contributed by atoms with Crippen LogP contribution in [-0.4, -0.2) is 28.5 Å². The standard InChI is InChI=1S/C7H14BrNO2/c1-3-6(8)7(11)9-5(2)4-10/h5-6,10H,3-4H2,1-2H3,(H,9,11). The molecule has 66 valence electrons. The van der Waals surface area contributed by atoms with Crippen molar-refractivity contribution >= 4 is 21.8 Å². The number of halogens is 1. The minimum absolute atomic E-state index is 0.0187. The highest BCUT2D eigenvalue weighted by Crippen LogP contribution is 2.03. The largest absolute Gasteiger partial charge is 0.394 e. The normalized spacial score (nSPS) is 15.6. The van der Waals surface area contributed by atoms with E-state index in [0.29, 0.717) is 0 Å². The maximum absolute atomic E-state index is 11.1. The molecular weight excluding hydrogens is 210 g/mol. The third-order valence-corrected chi connectivity index (χ3v) is 2.37. The quantitative estimate of drug-likeness (QED) is 0.689. The van der Waals surface area contributed by atoms with Crippen molar-refractivity contribution < 1.29 is 9.90 Å². The smallest absolute Gasteiger partial charge is 0.234 e. The molecule has 0 rings (SSSR count). The molecule has 0 aliphatic heterocycles. The molecule has 0 spiro atoms. The predicted molar refractivity (Wildman–Crippen MR) is 47.7 cm³/mol. The van der Waals surface area contributed by atoms with Crippen molar-refractivity contribution in [3.63, 3.8) is 0 Å². The topological polar surface area (TPSA) is 49.3 Å². The van der Waals surface area contributed by atoms with Gasteiger partial charge in [0.2, 0.25) is 5.91 Å². The molecular formula is C7H14BrNO2. The van der Waals surface area contributed by atoms with Crippen molar-refractivity contribution in [3.8, 4) is 0 Å². The Kier molecular flexibility index (Phi) is 5.50. The van der Waals surface area contributed by atoms with Gasteiger partial charge in [-0.2, -0.15) is 0 Å². The Morgan fingerprint density at radius 2 is 2.27 bits per heavy atom. The first-order chi connectivity index (χ1) is 5.11. The van der Waals surface area contributed by atoms with E-state index in [1.807, 2.05) is 6.92 Å². The van der Waals surface area contributed by atoms with E-state index in [9.17, 15) is 4.79 Å². The summed E-state index contributed by atoms with van der Waals surface area (Å²) in [5, 5.41) is 11.3. The van der Waals surface area contributed by atoms with Crippen molar-refractivity contribution in [2.24, 2.45) is 0 Å². The van der Waals surface area contributed by atoms with E-state index < -0.39 is 0 Å². The summed E-state index contributed by atoms with van der Waals surface area (Å²) >= 11 is 3.21. The first kappa shape index (κ1) is 10.9. The number of hydrogen-bond donors (Lipinski definition) is 2. The summed E-state index contributed by atoms with van der Waals surface area (Å²) in [6.45, 7) is 3.66. The van der Waals surface area contributed by atoms with Gasteiger partial charge in [0, 0.05) is 6.04 Å². The first-order valence-corrected chi connectivity index (χ1v) is 4.58. The molecule has 11 heavy (non-hydrogen) atoms. The number of nitrogens with one attached hydrogen (secondary N) is 1. The maximum atomic E-state index is 11.1. The second-order valence-electron chi connectivity index (χ2n) is 2.47. The van der Waals surface area contributed by atoms with Crippen LogP contribution in [0.1, 0.15) is 20.3 Å². The zero-order chi connectivity index (χ0) is 8.85. The van der Waals surface area contributed by atoms with E-state index in [0.717, 1.165) is 6.42 Å². The van der Waals surface area contributed by atoms with E-state index in [2.05, 4.69) is 21.2 Å². The van der Waals surface area contributed by atoms with Crippen LogP contribution in [0.25, 0.3) is 0 Å². The fourth-order valence-corrected chi connectivity index (χ4v) is 0.696. The van der Waals surface area contributed by atoms with E-state index in [1.165, 1.54) is 0 Å². The average molecular weight is 224 g/mol. The maximum Gasteiger partial charge on any atom is 0.234 e. The van der Waals surface area contributed by atoms with Gasteiger partial charge in [-0.3, -0.25) is 4.79 Å². The lowest BCUT2D eigenvalue weighted by Crippen LogP contribution is -2.39. The molecule has 0 fully saturated rings. The van der Waals surface area contributed by atoms with Crippen molar-refractivity contribution in [3.05, 3.63) is 0 Å². The summed E-state index contributed by atoms with van der Waals surface area (Å²) in [5.74, 6) is -0.0611. The van der Waals surface area contributed by atoms with Crippen molar-refractivity contribution in [2.75, 3.05) is 6.61 Å². The van der Waals surface area contributed by atoms with Gasteiger partial charge in [0.25, 0.3) is 0 Å². The molecule has 0 saturated heterocycles. The van der Waals surface area contributed by atoms with E-state index in [-0.39, 0.29) is 23.4 Å². The minimum atomic E-state index is -0.158. The number of amides is 1. The number of hydrogen-bond acceptors (Lipinski definition) is 2. The molecule has 0 aromatic rings. The molecule has 1 amide bonds. The number of carbonyl (C=O) groups is 1. The summed E-state index contributed by atoms with van der Waals surface area (Å²) in [6, 6.07) is -0.158. The van der Waals surface area contributed by atoms with E-state index >= 15 is 0 Å². The average Bonchev–Trinajstić information content (AvgIpc) is 2.02. The Morgan fingerprint density at radius 3 is 2.64 bits per heavy atom. The van der Waals surface area contributed by atoms with Gasteiger partial charge in [-0.1, -0.05) is 22.9 Å². The molecule has 0 saturated carbocycles. The van der Waals surface area contributed by atoms with Crippen molar-refractivity contribution in [1.82, 2.24) is 5.32 Å². The van der Waals surface area contributed by atoms with Gasteiger partial charge in [-0.25, -0.2) is 0 Å². The van der Waals surface area contributed by atoms with Gasteiger partial charge in [0.1, 0.15) is 0 Å². The van der Waals surface area contributed by atoms with Gasteiger partial charge in [-0.15, -0.1) is 0 Å². The van der Waals surface area contributed by atoms with Crippen LogP contribution in [0.4, 0.5) is 0 Å². The summed E-state index contributed by atoms with van der Waals surface area (Å²) < 4.78 is 0. The van der Waals surface area contributed by atoms with Crippen LogP contribution < -0.4 is 5.32 Å². The molecule has 4 heteroatoms. The molecule has 0 aliphatic carbocycles. The van der Waals surface area contributed by atoms with Crippen LogP contribution in [0, 0.1) is 0 Å². The van der Waals surface area contributed by atoms with Gasteiger partial charge in [0.15, 0.2) is 0 Å². The Bertz CT molecular complexity index is 130. The van der Waals surface area contributed by atoms with Crippen molar-refractivity contribution in [2.45, 2.75) is 31.1 Å². The zero-order valence-electron chi connectivity index (χ0n) is 6.80. The third kappa shape index (κ3) is 4.37. The molecule has 0 heterocycles. The molecule has 2 unspecified atom stereocenters. The first-order valence-electron chi connectivity index (χ1n) is 3.67. The number of aliphatic hydroxyl groups is 1. The fourth-order valence-electron chi connectivity index (χ4n) is 0.564. The minimum Gasteiger partial charge on any atom is -0.394 e. The zero-order valence-corrected chi connectivity index (χ0v) is 8.39. The Balaban J connectivity index is 3.68. The lowest BCUT2D eigenvalue weighted by atomic mass is 10.3. The molecule has 3 nitrogen and oxygen atoms in total. The number of carbonyl (C=O) groups excluding carboxylic acids is 1. The lowest BCUT2D eigenvalue weighted by molar-refractivity contribution is -0.121.